The maximum atomic E-state index is 12.9. The van der Waals surface area contributed by atoms with E-state index in [1.165, 1.54) is 11.1 Å². The highest BCUT2D eigenvalue weighted by atomic mass is 79.9. The molecular weight excluding hydrogens is 412 g/mol. The van der Waals surface area contributed by atoms with Crippen molar-refractivity contribution < 1.29 is 9.53 Å². The zero-order chi connectivity index (χ0) is 18.1. The molecule has 1 N–H and O–H groups in total. The Balaban J connectivity index is 1.64. The van der Waals surface area contributed by atoms with Crippen molar-refractivity contribution in [3.63, 3.8) is 0 Å². The van der Waals surface area contributed by atoms with E-state index in [2.05, 4.69) is 50.9 Å². The van der Waals surface area contributed by atoms with E-state index in [1.807, 2.05) is 18.2 Å². The number of hydrogen-bond acceptors (Lipinski definition) is 3. The van der Waals surface area contributed by atoms with E-state index in [0.717, 1.165) is 33.5 Å². The Morgan fingerprint density at radius 2 is 2.23 bits per heavy atom. The summed E-state index contributed by atoms with van der Waals surface area (Å²) in [6, 6.07) is 12.4. The molecule has 1 aliphatic heterocycles. The third-order valence-corrected chi connectivity index (χ3v) is 6.47. The molecule has 0 radical (unpaired) electrons. The molecule has 4 nitrogen and oxygen atoms in total. The van der Waals surface area contributed by atoms with Gasteiger partial charge in [-0.15, -0.1) is 11.3 Å². The van der Waals surface area contributed by atoms with Crippen LogP contribution in [0.25, 0.3) is 10.2 Å². The molecule has 3 heterocycles. The van der Waals surface area contributed by atoms with Crippen LogP contribution in [0.3, 0.4) is 0 Å². The first kappa shape index (κ1) is 17.8. The number of ether oxygens (including phenoxy) is 1. The van der Waals surface area contributed by atoms with Gasteiger partial charge in [0, 0.05) is 19.7 Å². The number of benzene rings is 1. The van der Waals surface area contributed by atoms with E-state index in [4.69, 9.17) is 4.74 Å². The Kier molecular flexibility index (Phi) is 5.16. The molecule has 6 heteroatoms. The molecule has 0 aliphatic carbocycles. The number of carbonyl (C=O) groups excluding carboxylic acids is 1. The first-order valence-corrected chi connectivity index (χ1v) is 10.5. The molecule has 1 atom stereocenters. The lowest BCUT2D eigenvalue weighted by Crippen LogP contribution is -2.33. The van der Waals surface area contributed by atoms with Crippen molar-refractivity contribution in [2.75, 3.05) is 13.2 Å². The van der Waals surface area contributed by atoms with E-state index in [1.54, 1.807) is 11.3 Å². The van der Waals surface area contributed by atoms with Crippen molar-refractivity contribution in [1.82, 2.24) is 9.88 Å². The van der Waals surface area contributed by atoms with Gasteiger partial charge in [0.05, 0.1) is 20.1 Å². The summed E-state index contributed by atoms with van der Waals surface area (Å²) in [5, 5.41) is 3.06. The fraction of sp³-hybridized carbons (Fsp3) is 0.350. The normalized spacial score (nSPS) is 17.1. The second-order valence-electron chi connectivity index (χ2n) is 6.69. The third-order valence-electron chi connectivity index (χ3n) is 4.90. The molecule has 3 aromatic rings. The molecular formula is C20H21BrN2O2S. The van der Waals surface area contributed by atoms with E-state index in [0.29, 0.717) is 18.8 Å². The van der Waals surface area contributed by atoms with Crippen LogP contribution in [0.15, 0.2) is 40.2 Å². The average Bonchev–Trinajstić information content (AvgIpc) is 3.32. The van der Waals surface area contributed by atoms with Crippen LogP contribution in [-0.2, 0) is 11.3 Å². The van der Waals surface area contributed by atoms with Crippen molar-refractivity contribution in [2.24, 2.45) is 0 Å². The highest BCUT2D eigenvalue weighted by molar-refractivity contribution is 9.11. The van der Waals surface area contributed by atoms with Gasteiger partial charge in [0.15, 0.2) is 0 Å². The van der Waals surface area contributed by atoms with Crippen LogP contribution in [0.5, 0.6) is 0 Å². The summed E-state index contributed by atoms with van der Waals surface area (Å²) in [5.41, 5.74) is 4.25. The molecule has 0 bridgehead atoms. The van der Waals surface area contributed by atoms with Gasteiger partial charge in [0.2, 0.25) is 0 Å². The summed E-state index contributed by atoms with van der Waals surface area (Å²) in [4.78, 5) is 12.9. The highest BCUT2D eigenvalue weighted by Crippen LogP contribution is 2.33. The molecule has 0 spiro atoms. The zero-order valence-electron chi connectivity index (χ0n) is 14.6. The van der Waals surface area contributed by atoms with Crippen molar-refractivity contribution >= 4 is 43.4 Å². The topological polar surface area (TPSA) is 43.3 Å². The van der Waals surface area contributed by atoms with Gasteiger partial charge in [0.25, 0.3) is 5.91 Å². The molecule has 0 saturated carbocycles. The summed E-state index contributed by atoms with van der Waals surface area (Å²) in [6.45, 7) is 4.17. The average molecular weight is 433 g/mol. The van der Waals surface area contributed by atoms with Gasteiger partial charge < -0.3 is 14.6 Å². The van der Waals surface area contributed by atoms with Crippen LogP contribution in [-0.4, -0.2) is 29.7 Å². The third kappa shape index (κ3) is 3.59. The first-order chi connectivity index (χ1) is 12.6. The number of halogens is 1. The summed E-state index contributed by atoms with van der Waals surface area (Å²) >= 11 is 5.22. The summed E-state index contributed by atoms with van der Waals surface area (Å²) < 4.78 is 9.92. The van der Waals surface area contributed by atoms with Crippen LogP contribution >= 0.6 is 27.3 Å². The lowest BCUT2D eigenvalue weighted by molar-refractivity contribution is 0.0851. The number of thiophene rings is 1. The number of nitrogens with one attached hydrogen (secondary N) is 1. The number of amides is 1. The van der Waals surface area contributed by atoms with Gasteiger partial charge in [-0.3, -0.25) is 4.79 Å². The van der Waals surface area contributed by atoms with E-state index in [-0.39, 0.29) is 12.0 Å². The Labute approximate surface area is 165 Å². The van der Waals surface area contributed by atoms with Gasteiger partial charge in [-0.2, -0.15) is 0 Å². The Hall–Kier alpha value is -1.63. The molecule has 136 valence electrons. The Morgan fingerprint density at radius 1 is 1.38 bits per heavy atom. The summed E-state index contributed by atoms with van der Waals surface area (Å²) in [5.74, 6) is -0.0337. The van der Waals surface area contributed by atoms with Crippen LogP contribution < -0.4 is 5.32 Å². The molecule has 4 rings (SSSR count). The monoisotopic (exact) mass is 432 g/mol. The quantitative estimate of drug-likeness (QED) is 0.632. The zero-order valence-corrected chi connectivity index (χ0v) is 17.0. The second kappa shape index (κ2) is 7.55. The van der Waals surface area contributed by atoms with Crippen molar-refractivity contribution in [3.8, 4) is 0 Å². The molecule has 0 unspecified atom stereocenters. The summed E-state index contributed by atoms with van der Waals surface area (Å²) in [6.07, 6.45) is 2.24. The number of hydrogen-bond donors (Lipinski definition) is 1. The highest BCUT2D eigenvalue weighted by Gasteiger charge is 2.21. The standard InChI is InChI=1S/C20H21BrN2O2S/c1-13-5-2-3-6-14(13)12-23-16-10-19(21)26-18(16)9-17(23)20(24)22-11-15-7-4-8-25-15/h2-3,5-6,9-10,15H,4,7-8,11-12H2,1H3,(H,22,24)/t15-/m0/s1. The molecule has 1 aliphatic rings. The number of carbonyl (C=O) groups is 1. The van der Waals surface area contributed by atoms with Crippen LogP contribution in [0.1, 0.15) is 34.5 Å². The molecule has 2 aromatic heterocycles. The number of nitrogens with zero attached hydrogens (tertiary/aromatic N) is 1. The summed E-state index contributed by atoms with van der Waals surface area (Å²) in [7, 11) is 0. The molecule has 26 heavy (non-hydrogen) atoms. The fourth-order valence-corrected chi connectivity index (χ4v) is 5.00. The minimum Gasteiger partial charge on any atom is -0.376 e. The lowest BCUT2D eigenvalue weighted by Gasteiger charge is -2.14. The lowest BCUT2D eigenvalue weighted by atomic mass is 10.1. The van der Waals surface area contributed by atoms with Crippen molar-refractivity contribution in [1.29, 1.82) is 0 Å². The molecule has 1 fully saturated rings. The maximum absolute atomic E-state index is 12.9. The number of rotatable bonds is 5. The van der Waals surface area contributed by atoms with Crippen LogP contribution in [0.2, 0.25) is 0 Å². The van der Waals surface area contributed by atoms with E-state index in [9.17, 15) is 4.79 Å². The van der Waals surface area contributed by atoms with Crippen LogP contribution in [0.4, 0.5) is 0 Å². The van der Waals surface area contributed by atoms with Crippen LogP contribution in [0, 0.1) is 6.92 Å². The number of fused-ring (bicyclic) bond motifs is 1. The molecule has 1 saturated heterocycles. The van der Waals surface area contributed by atoms with E-state index < -0.39 is 0 Å². The Morgan fingerprint density at radius 3 is 3.00 bits per heavy atom. The fourth-order valence-electron chi connectivity index (χ4n) is 3.43. The van der Waals surface area contributed by atoms with E-state index >= 15 is 0 Å². The predicted molar refractivity (Wildman–Crippen MR) is 109 cm³/mol. The van der Waals surface area contributed by atoms with Gasteiger partial charge in [-0.1, -0.05) is 24.3 Å². The number of aromatic nitrogens is 1. The maximum Gasteiger partial charge on any atom is 0.268 e. The minimum absolute atomic E-state index is 0.0337. The van der Waals surface area contributed by atoms with Gasteiger partial charge in [-0.05, 0) is 59.0 Å². The minimum atomic E-state index is -0.0337. The molecule has 1 amide bonds. The number of aryl methyl sites for hydroxylation is 1. The largest absolute Gasteiger partial charge is 0.376 e. The SMILES string of the molecule is Cc1ccccc1Cn1c(C(=O)NC[C@@H]2CCCO2)cc2sc(Br)cc21. The predicted octanol–water partition coefficient (Wildman–Crippen LogP) is 4.73. The molecule has 1 aromatic carbocycles. The van der Waals surface area contributed by atoms with Gasteiger partial charge in [0.1, 0.15) is 5.69 Å². The van der Waals surface area contributed by atoms with Crippen molar-refractivity contribution in [3.05, 3.63) is 57.0 Å². The smallest absolute Gasteiger partial charge is 0.268 e. The second-order valence-corrected chi connectivity index (χ2v) is 9.15. The van der Waals surface area contributed by atoms with Crippen molar-refractivity contribution in [2.45, 2.75) is 32.4 Å². The first-order valence-electron chi connectivity index (χ1n) is 8.84. The van der Waals surface area contributed by atoms with Gasteiger partial charge >= 0.3 is 0 Å². The van der Waals surface area contributed by atoms with Gasteiger partial charge in [-0.25, -0.2) is 0 Å². The Bertz CT molecular complexity index is 941.